The monoisotopic (exact) mass is 400 g/mol. The molecular formula is C21H20O8. The highest BCUT2D eigenvalue weighted by molar-refractivity contribution is 5.86. The van der Waals surface area contributed by atoms with Crippen molar-refractivity contribution in [1.29, 1.82) is 0 Å². The molecule has 0 aliphatic heterocycles. The van der Waals surface area contributed by atoms with Crippen LogP contribution in [-0.4, -0.2) is 38.5 Å². The quantitative estimate of drug-likeness (QED) is 0.603. The predicted octanol–water partition coefficient (Wildman–Crippen LogP) is 3.12. The van der Waals surface area contributed by atoms with Gasteiger partial charge in [0.1, 0.15) is 28.2 Å². The zero-order valence-corrected chi connectivity index (χ0v) is 16.2. The van der Waals surface area contributed by atoms with Gasteiger partial charge in [-0.05, 0) is 25.1 Å². The van der Waals surface area contributed by atoms with Crippen LogP contribution in [0.25, 0.3) is 22.3 Å². The van der Waals surface area contributed by atoms with E-state index < -0.39 is 11.4 Å². The summed E-state index contributed by atoms with van der Waals surface area (Å²) in [6.45, 7) is 1.58. The van der Waals surface area contributed by atoms with Gasteiger partial charge in [0.25, 0.3) is 0 Å². The Labute approximate surface area is 166 Å². The molecule has 0 atom stereocenters. The van der Waals surface area contributed by atoms with Crippen LogP contribution in [0.4, 0.5) is 0 Å². The molecule has 0 unspecified atom stereocenters. The maximum atomic E-state index is 12.5. The Morgan fingerprint density at radius 1 is 1.07 bits per heavy atom. The van der Waals surface area contributed by atoms with Crippen LogP contribution in [0.5, 0.6) is 23.0 Å². The molecule has 0 radical (unpaired) electrons. The Kier molecular flexibility index (Phi) is 5.92. The standard InChI is InChI=1S/C21H20O8/c1-4-27-20(24)11-28-13-8-14(22)21-15(23)10-17(29-19(21)9-13)12-5-6-16(25-2)18(7-12)26-3/h5-10,22H,4,11H2,1-3H3. The summed E-state index contributed by atoms with van der Waals surface area (Å²) in [5, 5.41) is 10.2. The number of phenolic OH excluding ortho intramolecular Hbond substituents is 1. The van der Waals surface area contributed by atoms with E-state index in [1.165, 1.54) is 32.4 Å². The zero-order valence-electron chi connectivity index (χ0n) is 16.2. The minimum Gasteiger partial charge on any atom is -0.507 e. The second-order valence-corrected chi connectivity index (χ2v) is 5.95. The van der Waals surface area contributed by atoms with Gasteiger partial charge < -0.3 is 28.5 Å². The van der Waals surface area contributed by atoms with Crippen molar-refractivity contribution < 1.29 is 33.3 Å². The Morgan fingerprint density at radius 2 is 1.83 bits per heavy atom. The summed E-state index contributed by atoms with van der Waals surface area (Å²) in [4.78, 5) is 24.0. The van der Waals surface area contributed by atoms with Crippen molar-refractivity contribution in [2.75, 3.05) is 27.4 Å². The molecule has 3 rings (SSSR count). The third-order valence-electron chi connectivity index (χ3n) is 4.11. The van der Waals surface area contributed by atoms with Crippen LogP contribution in [0, 0.1) is 0 Å². The molecule has 0 aliphatic rings. The Balaban J connectivity index is 2.03. The number of benzene rings is 2. The van der Waals surface area contributed by atoms with Gasteiger partial charge in [-0.15, -0.1) is 0 Å². The van der Waals surface area contributed by atoms with E-state index in [0.29, 0.717) is 17.1 Å². The molecular weight excluding hydrogens is 380 g/mol. The highest BCUT2D eigenvalue weighted by atomic mass is 16.6. The molecule has 0 bridgehead atoms. The number of hydrogen-bond donors (Lipinski definition) is 1. The average molecular weight is 400 g/mol. The Hall–Kier alpha value is -3.68. The molecule has 8 heteroatoms. The summed E-state index contributed by atoms with van der Waals surface area (Å²) in [5.74, 6) is 0.580. The van der Waals surface area contributed by atoms with Crippen LogP contribution < -0.4 is 19.6 Å². The van der Waals surface area contributed by atoms with Crippen LogP contribution >= 0.6 is 0 Å². The zero-order chi connectivity index (χ0) is 21.0. The highest BCUT2D eigenvalue weighted by Crippen LogP contribution is 2.34. The number of phenols is 1. The van der Waals surface area contributed by atoms with Gasteiger partial charge in [0.15, 0.2) is 23.5 Å². The maximum Gasteiger partial charge on any atom is 0.344 e. The molecule has 0 amide bonds. The van der Waals surface area contributed by atoms with E-state index in [4.69, 9.17) is 23.4 Å². The van der Waals surface area contributed by atoms with Crippen molar-refractivity contribution in [3.05, 3.63) is 46.6 Å². The topological polar surface area (TPSA) is 104 Å². The first kappa shape index (κ1) is 20.1. The second-order valence-electron chi connectivity index (χ2n) is 5.95. The number of methoxy groups -OCH3 is 2. The van der Waals surface area contributed by atoms with Crippen molar-refractivity contribution in [2.45, 2.75) is 6.92 Å². The van der Waals surface area contributed by atoms with Crippen molar-refractivity contribution in [3.63, 3.8) is 0 Å². The van der Waals surface area contributed by atoms with Crippen molar-refractivity contribution in [3.8, 4) is 34.3 Å². The number of ether oxygens (including phenoxy) is 4. The summed E-state index contributed by atoms with van der Waals surface area (Å²) >= 11 is 0. The van der Waals surface area contributed by atoms with Crippen molar-refractivity contribution in [2.24, 2.45) is 0 Å². The maximum absolute atomic E-state index is 12.5. The average Bonchev–Trinajstić information content (AvgIpc) is 2.71. The molecule has 0 fully saturated rings. The molecule has 1 heterocycles. The number of rotatable bonds is 7. The molecule has 0 saturated heterocycles. The number of esters is 1. The lowest BCUT2D eigenvalue weighted by atomic mass is 10.1. The first-order chi connectivity index (χ1) is 14.0. The van der Waals surface area contributed by atoms with Gasteiger partial charge in [-0.25, -0.2) is 4.79 Å². The number of carbonyl (C=O) groups is 1. The first-order valence-corrected chi connectivity index (χ1v) is 8.78. The van der Waals surface area contributed by atoms with Gasteiger partial charge in [0.05, 0.1) is 20.8 Å². The minimum absolute atomic E-state index is 0.0118. The van der Waals surface area contributed by atoms with E-state index in [2.05, 4.69) is 0 Å². The van der Waals surface area contributed by atoms with Gasteiger partial charge in [-0.1, -0.05) is 0 Å². The fourth-order valence-electron chi connectivity index (χ4n) is 2.80. The Bertz CT molecular complexity index is 1100. The van der Waals surface area contributed by atoms with E-state index in [1.54, 1.807) is 25.1 Å². The smallest absolute Gasteiger partial charge is 0.344 e. The SMILES string of the molecule is CCOC(=O)COc1cc(O)c2c(=O)cc(-c3ccc(OC)c(OC)c3)oc2c1. The summed E-state index contributed by atoms with van der Waals surface area (Å²) in [6, 6.07) is 9.03. The lowest BCUT2D eigenvalue weighted by Crippen LogP contribution is -2.14. The molecule has 1 N–H and O–H groups in total. The molecule has 8 nitrogen and oxygen atoms in total. The number of hydrogen-bond acceptors (Lipinski definition) is 8. The normalized spacial score (nSPS) is 10.6. The summed E-state index contributed by atoms with van der Waals surface area (Å²) in [6.07, 6.45) is 0. The largest absolute Gasteiger partial charge is 0.507 e. The molecule has 1 aromatic heterocycles. The van der Waals surface area contributed by atoms with Crippen LogP contribution in [0.15, 0.2) is 45.6 Å². The Morgan fingerprint density at radius 3 is 2.52 bits per heavy atom. The van der Waals surface area contributed by atoms with E-state index in [0.717, 1.165) is 0 Å². The van der Waals surface area contributed by atoms with Crippen LogP contribution in [-0.2, 0) is 9.53 Å². The van der Waals surface area contributed by atoms with Gasteiger partial charge in [0.2, 0.25) is 0 Å². The van der Waals surface area contributed by atoms with Gasteiger partial charge in [-0.2, -0.15) is 0 Å². The lowest BCUT2D eigenvalue weighted by molar-refractivity contribution is -0.145. The summed E-state index contributed by atoms with van der Waals surface area (Å²) in [5.41, 5.74) is 0.269. The number of carbonyl (C=O) groups excluding carboxylic acids is 1. The minimum atomic E-state index is -0.549. The van der Waals surface area contributed by atoms with Gasteiger partial charge in [0, 0.05) is 23.8 Å². The molecule has 0 saturated carbocycles. The number of aromatic hydroxyl groups is 1. The van der Waals surface area contributed by atoms with Crippen LogP contribution in [0.1, 0.15) is 6.92 Å². The van der Waals surface area contributed by atoms with Crippen molar-refractivity contribution >= 4 is 16.9 Å². The van der Waals surface area contributed by atoms with E-state index in [9.17, 15) is 14.7 Å². The molecule has 29 heavy (non-hydrogen) atoms. The van der Waals surface area contributed by atoms with Gasteiger partial charge in [-0.3, -0.25) is 4.79 Å². The predicted molar refractivity (Wildman–Crippen MR) is 105 cm³/mol. The fourth-order valence-corrected chi connectivity index (χ4v) is 2.80. The summed E-state index contributed by atoms with van der Waals surface area (Å²) in [7, 11) is 3.03. The van der Waals surface area contributed by atoms with Crippen molar-refractivity contribution in [1.82, 2.24) is 0 Å². The van der Waals surface area contributed by atoms with E-state index >= 15 is 0 Å². The third kappa shape index (κ3) is 4.26. The summed E-state index contributed by atoms with van der Waals surface area (Å²) < 4.78 is 26.4. The molecule has 3 aromatic rings. The lowest BCUT2D eigenvalue weighted by Gasteiger charge is -2.11. The molecule has 0 aliphatic carbocycles. The molecule has 0 spiro atoms. The van der Waals surface area contributed by atoms with E-state index in [1.807, 2.05) is 0 Å². The molecule has 152 valence electrons. The third-order valence-corrected chi connectivity index (χ3v) is 4.11. The second kappa shape index (κ2) is 8.55. The van der Waals surface area contributed by atoms with Crippen LogP contribution in [0.3, 0.4) is 0 Å². The van der Waals surface area contributed by atoms with Crippen LogP contribution in [0.2, 0.25) is 0 Å². The molecule has 2 aromatic carbocycles. The fraction of sp³-hybridized carbons (Fsp3) is 0.238. The number of fused-ring (bicyclic) bond motifs is 1. The van der Waals surface area contributed by atoms with E-state index in [-0.39, 0.29) is 41.4 Å². The first-order valence-electron chi connectivity index (χ1n) is 8.78. The highest BCUT2D eigenvalue weighted by Gasteiger charge is 2.15. The van der Waals surface area contributed by atoms with Gasteiger partial charge >= 0.3 is 5.97 Å².